The highest BCUT2D eigenvalue weighted by molar-refractivity contribution is 6.39. The minimum atomic E-state index is -1.57. The number of carbonyl (C=O) groups is 4. The normalized spacial score (nSPS) is 24.1. The maximum absolute atomic E-state index is 16.0. The Morgan fingerprint density at radius 1 is 0.592 bits per heavy atom. The van der Waals surface area contributed by atoms with Crippen LogP contribution in [-0.2, 0) is 30.0 Å². The lowest BCUT2D eigenvalue weighted by Crippen LogP contribution is -2.45. The molecule has 2 amide bonds. The van der Waals surface area contributed by atoms with Gasteiger partial charge in [0.2, 0.25) is 11.8 Å². The van der Waals surface area contributed by atoms with Gasteiger partial charge in [0.05, 0.1) is 41.0 Å². The number of benzene rings is 5. The summed E-state index contributed by atoms with van der Waals surface area (Å²) in [6.45, 7) is 0. The number of allylic oxidation sites excluding steroid dienone is 2. The Kier molecular flexibility index (Phi) is 7.21. The van der Waals surface area contributed by atoms with Crippen molar-refractivity contribution in [2.45, 2.75) is 10.8 Å². The third-order valence-corrected chi connectivity index (χ3v) is 10.8. The van der Waals surface area contributed by atoms with Crippen LogP contribution in [0.25, 0.3) is 11.1 Å². The van der Waals surface area contributed by atoms with E-state index in [9.17, 15) is 4.79 Å². The first kappa shape index (κ1) is 31.0. The SMILES string of the molecule is COC(=O)c1ccc(N2C(=O)[C@@H]3[C@@H](C2=O)[C@@]2(c4ccc(Cl)cc4)C(=O)[C@@]3(c3ccc(Cl)cc3)C(c3ccccc3)=C2c2ccccc2)cc1. The number of halogens is 2. The standard InChI is InChI=1S/C41H27Cl2NO5/c1-49-38(47)26-12-22-31(23-13-26)44-36(45)34-35(37(44)46)41(28-16-20-30(43)21-17-28)33(25-10-6-3-7-11-25)32(24-8-4-2-5-9-24)40(34,39(41)48)27-14-18-29(42)19-15-27/h2-23,34-35H,1H3/t34-,35-,40-,41-/m0/s1. The van der Waals surface area contributed by atoms with Gasteiger partial charge in [-0.1, -0.05) is 108 Å². The molecule has 8 rings (SSSR count). The quantitative estimate of drug-likeness (QED) is 0.134. The highest BCUT2D eigenvalue weighted by Crippen LogP contribution is 2.74. The Bertz CT molecular complexity index is 2070. The Morgan fingerprint density at radius 3 is 1.39 bits per heavy atom. The summed E-state index contributed by atoms with van der Waals surface area (Å²) in [5.41, 5.74) is 1.44. The van der Waals surface area contributed by atoms with Crippen molar-refractivity contribution in [3.63, 3.8) is 0 Å². The maximum atomic E-state index is 16.0. The number of rotatable bonds is 6. The Labute approximate surface area is 292 Å². The molecule has 5 aromatic carbocycles. The number of anilines is 1. The Hall–Kier alpha value is -5.30. The van der Waals surface area contributed by atoms with Crippen molar-refractivity contribution in [2.24, 2.45) is 11.8 Å². The number of hydrogen-bond acceptors (Lipinski definition) is 5. The third kappa shape index (κ3) is 4.14. The second kappa shape index (κ2) is 11.4. The van der Waals surface area contributed by atoms with Crippen LogP contribution in [0.2, 0.25) is 10.0 Å². The maximum Gasteiger partial charge on any atom is 0.337 e. The number of methoxy groups -OCH3 is 1. The number of hydrogen-bond donors (Lipinski definition) is 0. The second-order valence-electron chi connectivity index (χ2n) is 12.4. The third-order valence-electron chi connectivity index (χ3n) is 10.3. The largest absolute Gasteiger partial charge is 0.465 e. The van der Waals surface area contributed by atoms with Crippen LogP contribution in [0.15, 0.2) is 133 Å². The van der Waals surface area contributed by atoms with E-state index in [0.29, 0.717) is 38.0 Å². The van der Waals surface area contributed by atoms with E-state index >= 15 is 14.4 Å². The van der Waals surface area contributed by atoms with E-state index in [0.717, 1.165) is 11.1 Å². The number of fused-ring (bicyclic) bond motifs is 5. The van der Waals surface area contributed by atoms with Crippen molar-refractivity contribution >= 4 is 63.6 Å². The van der Waals surface area contributed by atoms with Crippen LogP contribution in [0.3, 0.4) is 0 Å². The van der Waals surface area contributed by atoms with Crippen LogP contribution in [0, 0.1) is 11.8 Å². The molecule has 1 saturated carbocycles. The molecule has 1 aliphatic heterocycles. The van der Waals surface area contributed by atoms with E-state index in [1.54, 1.807) is 60.7 Å². The molecule has 3 aliphatic rings. The van der Waals surface area contributed by atoms with Gasteiger partial charge in [-0.25, -0.2) is 9.69 Å². The van der Waals surface area contributed by atoms with Gasteiger partial charge in [-0.2, -0.15) is 0 Å². The smallest absolute Gasteiger partial charge is 0.337 e. The van der Waals surface area contributed by atoms with Gasteiger partial charge in [-0.15, -0.1) is 0 Å². The van der Waals surface area contributed by atoms with Crippen LogP contribution in [0.5, 0.6) is 0 Å². The number of ether oxygens (including phenoxy) is 1. The molecule has 240 valence electrons. The molecule has 2 bridgehead atoms. The number of Topliss-reactive ketones (excluding diaryl/α,β-unsaturated/α-hetero) is 1. The number of nitrogens with zero attached hydrogens (tertiary/aromatic N) is 1. The fourth-order valence-corrected chi connectivity index (χ4v) is 8.73. The van der Waals surface area contributed by atoms with Crippen molar-refractivity contribution in [3.05, 3.63) is 171 Å². The number of amides is 2. The zero-order chi connectivity index (χ0) is 34.1. The first-order valence-corrected chi connectivity index (χ1v) is 16.5. The monoisotopic (exact) mass is 683 g/mol. The van der Waals surface area contributed by atoms with Crippen molar-refractivity contribution in [3.8, 4) is 0 Å². The lowest BCUT2D eigenvalue weighted by Gasteiger charge is -2.39. The number of carbonyl (C=O) groups excluding carboxylic acids is 4. The number of ketones is 1. The van der Waals surface area contributed by atoms with Crippen molar-refractivity contribution in [1.29, 1.82) is 0 Å². The molecule has 0 aromatic heterocycles. The molecule has 0 radical (unpaired) electrons. The van der Waals surface area contributed by atoms with Crippen molar-refractivity contribution in [2.75, 3.05) is 12.0 Å². The molecule has 1 heterocycles. The van der Waals surface area contributed by atoms with Gasteiger partial charge < -0.3 is 4.74 Å². The summed E-state index contributed by atoms with van der Waals surface area (Å²) in [5, 5.41) is 0.942. The summed E-state index contributed by atoms with van der Waals surface area (Å²) in [6.07, 6.45) is 0. The molecule has 1 saturated heterocycles. The molecular formula is C41H27Cl2NO5. The summed E-state index contributed by atoms with van der Waals surface area (Å²) in [4.78, 5) is 59.6. The summed E-state index contributed by atoms with van der Waals surface area (Å²) in [5.74, 6) is -4.00. The molecule has 2 fully saturated rings. The summed E-state index contributed by atoms with van der Waals surface area (Å²) >= 11 is 12.8. The molecule has 4 atom stereocenters. The first-order valence-electron chi connectivity index (χ1n) is 15.8. The van der Waals surface area contributed by atoms with Gasteiger partial charge in [0, 0.05) is 10.0 Å². The molecule has 8 heteroatoms. The molecule has 6 nitrogen and oxygen atoms in total. The molecule has 0 unspecified atom stereocenters. The van der Waals surface area contributed by atoms with Gasteiger partial charge in [0.25, 0.3) is 0 Å². The Balaban J connectivity index is 1.50. The van der Waals surface area contributed by atoms with Crippen molar-refractivity contribution < 1.29 is 23.9 Å². The molecule has 49 heavy (non-hydrogen) atoms. The fraction of sp³-hybridized carbons (Fsp3) is 0.122. The van der Waals surface area contributed by atoms with Gasteiger partial charge in [-0.05, 0) is 81.9 Å². The van der Waals surface area contributed by atoms with E-state index in [4.69, 9.17) is 27.9 Å². The Morgan fingerprint density at radius 2 is 1.00 bits per heavy atom. The zero-order valence-electron chi connectivity index (χ0n) is 26.1. The van der Waals surface area contributed by atoms with E-state index in [-0.39, 0.29) is 11.3 Å². The van der Waals surface area contributed by atoms with Gasteiger partial charge in [0.15, 0.2) is 5.78 Å². The predicted octanol–water partition coefficient (Wildman–Crippen LogP) is 7.97. The summed E-state index contributed by atoms with van der Waals surface area (Å²) in [7, 11) is 1.28. The van der Waals surface area contributed by atoms with Gasteiger partial charge >= 0.3 is 5.97 Å². The van der Waals surface area contributed by atoms with E-state index in [1.807, 2.05) is 60.7 Å². The van der Waals surface area contributed by atoms with E-state index in [1.165, 1.54) is 24.1 Å². The minimum Gasteiger partial charge on any atom is -0.465 e. The second-order valence-corrected chi connectivity index (χ2v) is 13.3. The molecule has 2 aliphatic carbocycles. The van der Waals surface area contributed by atoms with Gasteiger partial charge in [-0.3, -0.25) is 14.4 Å². The van der Waals surface area contributed by atoms with Crippen LogP contribution in [0.1, 0.15) is 32.6 Å². The van der Waals surface area contributed by atoms with E-state index in [2.05, 4.69) is 0 Å². The average molecular weight is 685 g/mol. The summed E-state index contributed by atoms with van der Waals surface area (Å²) in [6, 6.07) is 39.3. The predicted molar refractivity (Wildman–Crippen MR) is 188 cm³/mol. The molecular weight excluding hydrogens is 657 g/mol. The number of imide groups is 1. The van der Waals surface area contributed by atoms with Gasteiger partial charge in [0.1, 0.15) is 0 Å². The van der Waals surface area contributed by atoms with Crippen molar-refractivity contribution in [1.82, 2.24) is 0 Å². The lowest BCUT2D eigenvalue weighted by molar-refractivity contribution is -0.130. The zero-order valence-corrected chi connectivity index (χ0v) is 27.6. The van der Waals surface area contributed by atoms with Crippen LogP contribution >= 0.6 is 23.2 Å². The van der Waals surface area contributed by atoms with Crippen LogP contribution in [-0.4, -0.2) is 30.7 Å². The molecule has 5 aromatic rings. The number of esters is 1. The topological polar surface area (TPSA) is 80.8 Å². The average Bonchev–Trinajstić information content (AvgIpc) is 3.64. The highest BCUT2D eigenvalue weighted by Gasteiger charge is 2.82. The lowest BCUT2D eigenvalue weighted by atomic mass is 9.59. The van der Waals surface area contributed by atoms with E-state index < -0.39 is 40.4 Å². The highest BCUT2D eigenvalue weighted by atomic mass is 35.5. The molecule has 0 N–H and O–H groups in total. The molecule has 0 spiro atoms. The first-order chi connectivity index (χ1) is 23.8. The van der Waals surface area contributed by atoms with Crippen LogP contribution < -0.4 is 4.90 Å². The fourth-order valence-electron chi connectivity index (χ4n) is 8.48. The minimum absolute atomic E-state index is 0.250. The van der Waals surface area contributed by atoms with Crippen LogP contribution in [0.4, 0.5) is 5.69 Å². The summed E-state index contributed by atoms with van der Waals surface area (Å²) < 4.78 is 4.85.